The zero-order valence-corrected chi connectivity index (χ0v) is 18.4. The zero-order valence-electron chi connectivity index (χ0n) is 18.4. The smallest absolute Gasteiger partial charge is 0.225 e. The average Bonchev–Trinajstić information content (AvgIpc) is 3.68. The van der Waals surface area contributed by atoms with Crippen LogP contribution in [-0.4, -0.2) is 78.8 Å². The molecule has 0 aromatic heterocycles. The monoisotopic (exact) mass is 427 g/mol. The maximum absolute atomic E-state index is 12.9. The first-order valence-corrected chi connectivity index (χ1v) is 11.5. The van der Waals surface area contributed by atoms with E-state index in [1.807, 2.05) is 39.0 Å². The Morgan fingerprint density at radius 2 is 1.29 bits per heavy atom. The second-order valence-corrected chi connectivity index (χ2v) is 8.93. The largest absolute Gasteiger partial charge is 0.497 e. The second-order valence-electron chi connectivity index (χ2n) is 8.93. The molecule has 1 aliphatic carbocycles. The molecule has 2 saturated heterocycles. The molecule has 0 spiro atoms. The summed E-state index contributed by atoms with van der Waals surface area (Å²) >= 11 is 0. The van der Waals surface area contributed by atoms with Crippen LogP contribution in [0.4, 0.5) is 0 Å². The highest BCUT2D eigenvalue weighted by molar-refractivity contribution is 5.83. The summed E-state index contributed by atoms with van der Waals surface area (Å²) in [6.45, 7) is 3.83. The van der Waals surface area contributed by atoms with E-state index in [-0.39, 0.29) is 29.6 Å². The molecule has 31 heavy (non-hydrogen) atoms. The van der Waals surface area contributed by atoms with Crippen molar-refractivity contribution in [3.8, 4) is 5.75 Å². The van der Waals surface area contributed by atoms with Crippen molar-refractivity contribution in [1.29, 1.82) is 0 Å². The lowest BCUT2D eigenvalue weighted by Crippen LogP contribution is -2.53. The fraction of sp³-hybridized carbons (Fsp3) is 0.625. The molecule has 0 radical (unpaired) electrons. The van der Waals surface area contributed by atoms with Crippen LogP contribution in [0.25, 0.3) is 0 Å². The van der Waals surface area contributed by atoms with Gasteiger partial charge in [-0.05, 0) is 49.8 Å². The molecule has 2 aliphatic heterocycles. The summed E-state index contributed by atoms with van der Waals surface area (Å²) in [4.78, 5) is 43.5. The van der Waals surface area contributed by atoms with Crippen molar-refractivity contribution < 1.29 is 19.1 Å². The van der Waals surface area contributed by atoms with Crippen LogP contribution in [0.3, 0.4) is 0 Å². The normalized spacial score (nSPS) is 20.0. The Hall–Kier alpha value is -2.57. The SMILES string of the molecule is COc1ccc(CCC(=O)N2CCN(C(=O)C3CCN(C(=O)C4CC4)CC3)CC2)cc1. The van der Waals surface area contributed by atoms with Gasteiger partial charge in [-0.25, -0.2) is 0 Å². The van der Waals surface area contributed by atoms with E-state index in [2.05, 4.69) is 0 Å². The average molecular weight is 428 g/mol. The lowest BCUT2D eigenvalue weighted by Gasteiger charge is -2.38. The van der Waals surface area contributed by atoms with Gasteiger partial charge in [0.2, 0.25) is 17.7 Å². The van der Waals surface area contributed by atoms with Crippen LogP contribution in [-0.2, 0) is 20.8 Å². The van der Waals surface area contributed by atoms with Crippen molar-refractivity contribution in [2.75, 3.05) is 46.4 Å². The Labute approximate surface area is 184 Å². The zero-order chi connectivity index (χ0) is 21.8. The predicted octanol–water partition coefficient (Wildman–Crippen LogP) is 1.95. The molecule has 168 valence electrons. The van der Waals surface area contributed by atoms with Gasteiger partial charge in [-0.3, -0.25) is 14.4 Å². The summed E-state index contributed by atoms with van der Waals surface area (Å²) in [5, 5.41) is 0. The predicted molar refractivity (Wildman–Crippen MR) is 117 cm³/mol. The highest BCUT2D eigenvalue weighted by atomic mass is 16.5. The first-order valence-electron chi connectivity index (χ1n) is 11.5. The third-order valence-electron chi connectivity index (χ3n) is 6.81. The molecule has 0 bridgehead atoms. The molecule has 3 aliphatic rings. The molecule has 1 aromatic rings. The number of rotatable bonds is 6. The molecule has 3 fully saturated rings. The molecular weight excluding hydrogens is 394 g/mol. The van der Waals surface area contributed by atoms with Gasteiger partial charge in [-0.2, -0.15) is 0 Å². The van der Waals surface area contributed by atoms with Gasteiger partial charge >= 0.3 is 0 Å². The van der Waals surface area contributed by atoms with Gasteiger partial charge in [0.15, 0.2) is 0 Å². The highest BCUT2D eigenvalue weighted by Gasteiger charge is 2.37. The number of methoxy groups -OCH3 is 1. The van der Waals surface area contributed by atoms with Gasteiger partial charge in [-0.1, -0.05) is 12.1 Å². The third-order valence-corrected chi connectivity index (χ3v) is 6.81. The van der Waals surface area contributed by atoms with E-state index in [1.165, 1.54) is 0 Å². The van der Waals surface area contributed by atoms with Gasteiger partial charge in [0.05, 0.1) is 7.11 Å². The van der Waals surface area contributed by atoms with Crippen LogP contribution in [0.1, 0.15) is 37.7 Å². The first-order chi connectivity index (χ1) is 15.0. The lowest BCUT2D eigenvalue weighted by molar-refractivity contribution is -0.144. The number of hydrogen-bond acceptors (Lipinski definition) is 4. The lowest BCUT2D eigenvalue weighted by atomic mass is 9.94. The molecule has 0 atom stereocenters. The van der Waals surface area contributed by atoms with Gasteiger partial charge in [-0.15, -0.1) is 0 Å². The molecule has 4 rings (SSSR count). The van der Waals surface area contributed by atoms with Crippen LogP contribution in [0.2, 0.25) is 0 Å². The van der Waals surface area contributed by atoms with Crippen molar-refractivity contribution >= 4 is 17.7 Å². The van der Waals surface area contributed by atoms with E-state index in [0.717, 1.165) is 37.0 Å². The fourth-order valence-corrected chi connectivity index (χ4v) is 4.57. The molecule has 1 aromatic carbocycles. The Balaban J connectivity index is 1.18. The number of nitrogens with zero attached hydrogens (tertiary/aromatic N) is 3. The first kappa shape index (κ1) is 21.7. The van der Waals surface area contributed by atoms with Crippen LogP contribution >= 0.6 is 0 Å². The molecule has 7 nitrogen and oxygen atoms in total. The minimum atomic E-state index is 0.0144. The Morgan fingerprint density at radius 3 is 1.84 bits per heavy atom. The Bertz CT molecular complexity index is 790. The van der Waals surface area contributed by atoms with Gasteiger partial charge in [0.25, 0.3) is 0 Å². The molecule has 3 amide bonds. The number of hydrogen-bond donors (Lipinski definition) is 0. The topological polar surface area (TPSA) is 70.2 Å². The number of piperazine rings is 1. The fourth-order valence-electron chi connectivity index (χ4n) is 4.57. The molecule has 0 unspecified atom stereocenters. The molecule has 7 heteroatoms. The maximum atomic E-state index is 12.9. The number of carbonyl (C=O) groups is 3. The van der Waals surface area contributed by atoms with Gasteiger partial charge in [0.1, 0.15) is 5.75 Å². The van der Waals surface area contributed by atoms with Crippen LogP contribution in [0.15, 0.2) is 24.3 Å². The van der Waals surface area contributed by atoms with E-state index < -0.39 is 0 Å². The van der Waals surface area contributed by atoms with E-state index >= 15 is 0 Å². The van der Waals surface area contributed by atoms with Crippen molar-refractivity contribution in [3.63, 3.8) is 0 Å². The Morgan fingerprint density at radius 1 is 0.774 bits per heavy atom. The summed E-state index contributed by atoms with van der Waals surface area (Å²) in [6, 6.07) is 7.81. The molecular formula is C24H33N3O4. The number of aryl methyl sites for hydroxylation is 1. The molecule has 1 saturated carbocycles. The Kier molecular flexibility index (Phi) is 6.78. The molecule has 0 N–H and O–H groups in total. The van der Waals surface area contributed by atoms with Crippen molar-refractivity contribution in [2.24, 2.45) is 11.8 Å². The van der Waals surface area contributed by atoms with Crippen molar-refractivity contribution in [2.45, 2.75) is 38.5 Å². The van der Waals surface area contributed by atoms with Crippen LogP contribution < -0.4 is 4.74 Å². The highest BCUT2D eigenvalue weighted by Crippen LogP contribution is 2.32. The number of likely N-dealkylation sites (tertiary alicyclic amines) is 1. The number of ether oxygens (including phenoxy) is 1. The van der Waals surface area contributed by atoms with Crippen LogP contribution in [0, 0.1) is 11.8 Å². The third kappa shape index (κ3) is 5.38. The van der Waals surface area contributed by atoms with E-state index in [4.69, 9.17) is 4.74 Å². The minimum Gasteiger partial charge on any atom is -0.497 e. The second kappa shape index (κ2) is 9.71. The summed E-state index contributed by atoms with van der Waals surface area (Å²) in [6.07, 6.45) is 4.77. The van der Waals surface area contributed by atoms with Gasteiger partial charge in [0, 0.05) is 57.5 Å². The van der Waals surface area contributed by atoms with Crippen molar-refractivity contribution in [1.82, 2.24) is 14.7 Å². The maximum Gasteiger partial charge on any atom is 0.225 e. The quantitative estimate of drug-likeness (QED) is 0.696. The van der Waals surface area contributed by atoms with Gasteiger partial charge < -0.3 is 19.4 Å². The minimum absolute atomic E-state index is 0.0144. The summed E-state index contributed by atoms with van der Waals surface area (Å²) in [7, 11) is 1.64. The summed E-state index contributed by atoms with van der Waals surface area (Å²) in [5.74, 6) is 1.71. The number of amides is 3. The number of carbonyl (C=O) groups excluding carboxylic acids is 3. The number of piperidine rings is 1. The number of benzene rings is 1. The van der Waals surface area contributed by atoms with Crippen LogP contribution in [0.5, 0.6) is 5.75 Å². The summed E-state index contributed by atoms with van der Waals surface area (Å²) in [5.41, 5.74) is 1.12. The van der Waals surface area contributed by atoms with Crippen molar-refractivity contribution in [3.05, 3.63) is 29.8 Å². The standard InChI is InChI=1S/C24H33N3O4/c1-31-21-7-2-18(3-8-21)4-9-22(28)25-14-16-27(17-15-25)24(30)20-10-12-26(13-11-20)23(29)19-5-6-19/h2-3,7-8,19-20H,4-6,9-17H2,1H3. The summed E-state index contributed by atoms with van der Waals surface area (Å²) < 4.78 is 5.17. The van der Waals surface area contributed by atoms with E-state index in [9.17, 15) is 14.4 Å². The molecule has 2 heterocycles. The van der Waals surface area contributed by atoms with E-state index in [0.29, 0.717) is 52.1 Å². The van der Waals surface area contributed by atoms with E-state index in [1.54, 1.807) is 7.11 Å².